The van der Waals surface area contributed by atoms with E-state index < -0.39 is 5.95 Å². The molecule has 1 aliphatic heterocycles. The highest BCUT2D eigenvalue weighted by atomic mass is 35.5. The van der Waals surface area contributed by atoms with Gasteiger partial charge >= 0.3 is 6.03 Å². The highest BCUT2D eigenvalue weighted by molar-refractivity contribution is 6.36. The van der Waals surface area contributed by atoms with Crippen molar-refractivity contribution in [2.24, 2.45) is 17.9 Å². The molecule has 49 heavy (non-hydrogen) atoms. The highest BCUT2D eigenvalue weighted by Crippen LogP contribution is 2.61. The molecule has 3 aliphatic rings. The number of aromatic nitrogens is 6. The van der Waals surface area contributed by atoms with Crippen molar-refractivity contribution in [3.63, 3.8) is 0 Å². The number of nitrogens with one attached hydrogen (secondary N) is 1. The van der Waals surface area contributed by atoms with Crippen LogP contribution in [0.2, 0.25) is 5.02 Å². The van der Waals surface area contributed by atoms with E-state index in [1.165, 1.54) is 6.20 Å². The number of halogens is 2. The Labute approximate surface area is 290 Å². The summed E-state index contributed by atoms with van der Waals surface area (Å²) in [5, 5.41) is 20.1. The predicted molar refractivity (Wildman–Crippen MR) is 192 cm³/mol. The molecule has 2 amide bonds. The summed E-state index contributed by atoms with van der Waals surface area (Å²) in [6.07, 6.45) is 12.7. The molecule has 2 aliphatic carbocycles. The molecule has 11 heteroatoms. The monoisotopic (exact) mass is 680 g/mol. The lowest BCUT2D eigenvalue weighted by Gasteiger charge is -2.32. The SMILES string of the molecule is C=C(F)N(/C=C\C)C(=O)N1CC2(CCC(n3nc(-c4ccc5c(cnn5C)c4)c(-c4c(Cl)c(C)cc5[nH]ncc45)c3C)C2)CC1C1(C)CC1. The lowest BCUT2D eigenvalue weighted by molar-refractivity contribution is 0.144. The van der Waals surface area contributed by atoms with Gasteiger partial charge in [-0.1, -0.05) is 30.7 Å². The lowest BCUT2D eigenvalue weighted by atomic mass is 9.80. The van der Waals surface area contributed by atoms with Crippen molar-refractivity contribution >= 4 is 39.4 Å². The molecule has 3 aromatic heterocycles. The summed E-state index contributed by atoms with van der Waals surface area (Å²) in [6.45, 7) is 12.3. The molecule has 9 nitrogen and oxygen atoms in total. The minimum absolute atomic E-state index is 0.0568. The number of benzene rings is 2. The van der Waals surface area contributed by atoms with E-state index in [1.807, 2.05) is 42.0 Å². The van der Waals surface area contributed by atoms with Crippen LogP contribution < -0.4 is 0 Å². The molecule has 1 spiro atoms. The van der Waals surface area contributed by atoms with Gasteiger partial charge in [-0.2, -0.15) is 19.7 Å². The molecule has 4 heterocycles. The average molecular weight is 681 g/mol. The normalized spacial score (nSPS) is 23.1. The molecular weight excluding hydrogens is 639 g/mol. The third-order valence-electron chi connectivity index (χ3n) is 11.7. The predicted octanol–water partition coefficient (Wildman–Crippen LogP) is 9.23. The van der Waals surface area contributed by atoms with Crippen LogP contribution in [0.1, 0.15) is 69.7 Å². The van der Waals surface area contributed by atoms with Gasteiger partial charge in [0.25, 0.3) is 0 Å². The second-order valence-corrected chi connectivity index (χ2v) is 15.3. The largest absolute Gasteiger partial charge is 0.330 e. The van der Waals surface area contributed by atoms with Gasteiger partial charge in [0, 0.05) is 59.0 Å². The Morgan fingerprint density at radius 2 is 1.96 bits per heavy atom. The number of hydrogen-bond acceptors (Lipinski definition) is 4. The topological polar surface area (TPSA) is 87.9 Å². The van der Waals surface area contributed by atoms with Crippen molar-refractivity contribution in [3.8, 4) is 22.4 Å². The Kier molecular flexibility index (Phi) is 7.33. The summed E-state index contributed by atoms with van der Waals surface area (Å²) in [4.78, 5) is 16.9. The number of H-pyrrole nitrogens is 1. The maximum atomic E-state index is 14.5. The zero-order chi connectivity index (χ0) is 34.4. The van der Waals surface area contributed by atoms with E-state index in [2.05, 4.69) is 58.6 Å². The van der Waals surface area contributed by atoms with E-state index in [0.29, 0.717) is 11.6 Å². The fraction of sp³-hybridized carbons (Fsp3) is 0.421. The number of carbonyl (C=O) groups is 1. The van der Waals surface area contributed by atoms with Crippen molar-refractivity contribution < 1.29 is 9.18 Å². The first kappa shape index (κ1) is 31.8. The van der Waals surface area contributed by atoms with Crippen LogP contribution in [0.4, 0.5) is 9.18 Å². The van der Waals surface area contributed by atoms with E-state index in [0.717, 1.165) is 98.9 Å². The summed E-state index contributed by atoms with van der Waals surface area (Å²) >= 11 is 7.17. The molecule has 1 N–H and O–H groups in total. The Morgan fingerprint density at radius 1 is 1.16 bits per heavy atom. The molecule has 1 saturated heterocycles. The van der Waals surface area contributed by atoms with Crippen molar-refractivity contribution in [2.45, 2.75) is 78.3 Å². The maximum absolute atomic E-state index is 14.5. The van der Waals surface area contributed by atoms with Crippen LogP contribution in [-0.4, -0.2) is 58.2 Å². The first-order chi connectivity index (χ1) is 23.4. The number of likely N-dealkylation sites (tertiary alicyclic amines) is 1. The number of allylic oxidation sites excluding steroid dienone is 1. The van der Waals surface area contributed by atoms with Crippen LogP contribution in [-0.2, 0) is 7.05 Å². The Bertz CT molecular complexity index is 2190. The number of aryl methyl sites for hydroxylation is 2. The van der Waals surface area contributed by atoms with Gasteiger partial charge < -0.3 is 4.90 Å². The molecular formula is C38H42ClFN8O. The van der Waals surface area contributed by atoms with Crippen LogP contribution in [0.25, 0.3) is 44.2 Å². The number of nitrogens with zero attached hydrogens (tertiary/aromatic N) is 7. The Balaban J connectivity index is 1.21. The van der Waals surface area contributed by atoms with Crippen LogP contribution in [0.3, 0.4) is 0 Å². The lowest BCUT2D eigenvalue weighted by Crippen LogP contribution is -2.45. The first-order valence-corrected chi connectivity index (χ1v) is 17.5. The zero-order valence-corrected chi connectivity index (χ0v) is 29.5. The summed E-state index contributed by atoms with van der Waals surface area (Å²) < 4.78 is 18.6. The van der Waals surface area contributed by atoms with E-state index in [9.17, 15) is 9.18 Å². The number of urea groups is 1. The number of carbonyl (C=O) groups excluding carboxylic acids is 1. The van der Waals surface area contributed by atoms with Gasteiger partial charge in [0.1, 0.15) is 5.69 Å². The molecule has 8 rings (SSSR count). The van der Waals surface area contributed by atoms with E-state index in [-0.39, 0.29) is 28.9 Å². The number of hydrogen-bond donors (Lipinski definition) is 1. The average Bonchev–Trinajstić information content (AvgIpc) is 3.61. The van der Waals surface area contributed by atoms with Gasteiger partial charge in [0.15, 0.2) is 5.95 Å². The molecule has 3 unspecified atom stereocenters. The summed E-state index contributed by atoms with van der Waals surface area (Å²) in [6, 6.07) is 8.26. The van der Waals surface area contributed by atoms with Crippen LogP contribution in [0, 0.1) is 24.7 Å². The molecule has 0 radical (unpaired) electrons. The molecule has 0 bridgehead atoms. The number of amides is 2. The van der Waals surface area contributed by atoms with Crippen LogP contribution >= 0.6 is 11.6 Å². The van der Waals surface area contributed by atoms with Crippen LogP contribution in [0.15, 0.2) is 61.5 Å². The van der Waals surface area contributed by atoms with Gasteiger partial charge in [-0.3, -0.25) is 14.5 Å². The molecule has 5 aromatic rings. The third kappa shape index (κ3) is 5.01. The fourth-order valence-electron chi connectivity index (χ4n) is 8.79. The summed E-state index contributed by atoms with van der Waals surface area (Å²) in [5.41, 5.74) is 7.75. The second kappa shape index (κ2) is 11.3. The molecule has 3 atom stereocenters. The first-order valence-electron chi connectivity index (χ1n) is 17.1. The Morgan fingerprint density at radius 3 is 2.69 bits per heavy atom. The molecule has 254 valence electrons. The van der Waals surface area contributed by atoms with Gasteiger partial charge in [0.05, 0.1) is 34.5 Å². The van der Waals surface area contributed by atoms with Gasteiger partial charge in [-0.05, 0) is 100 Å². The molecule has 2 aromatic carbocycles. The number of rotatable bonds is 6. The number of aromatic amines is 1. The molecule has 2 saturated carbocycles. The van der Waals surface area contributed by atoms with Crippen LogP contribution in [0.5, 0.6) is 0 Å². The van der Waals surface area contributed by atoms with Crippen molar-refractivity contribution in [1.29, 1.82) is 0 Å². The Hall–Kier alpha value is -4.44. The standard InChI is InChI=1S/C38H42ClFN8O/c1-7-14-46(24(4)40)36(49)47-21-38(18-31(47)37(5)12-13-37)11-10-27(17-38)48-23(3)32(33-28-20-41-43-29(28)15-22(2)34(33)39)35(44-48)25-8-9-30-26(16-25)19-42-45(30)6/h7-9,14-16,19-20,27,31H,4,10-13,17-18,21H2,1-3,5-6H3,(H,41,43)/b14-7-. The van der Waals surface area contributed by atoms with Gasteiger partial charge in [-0.15, -0.1) is 0 Å². The van der Waals surface area contributed by atoms with E-state index in [1.54, 1.807) is 13.0 Å². The van der Waals surface area contributed by atoms with Crippen molar-refractivity contribution in [3.05, 3.63) is 77.7 Å². The van der Waals surface area contributed by atoms with Crippen molar-refractivity contribution in [1.82, 2.24) is 39.6 Å². The van der Waals surface area contributed by atoms with Gasteiger partial charge in [0.2, 0.25) is 0 Å². The highest BCUT2D eigenvalue weighted by Gasteiger charge is 2.59. The van der Waals surface area contributed by atoms with E-state index in [4.69, 9.17) is 16.7 Å². The minimum Gasteiger partial charge on any atom is -0.320 e. The van der Waals surface area contributed by atoms with E-state index >= 15 is 0 Å². The molecule has 3 fully saturated rings. The van der Waals surface area contributed by atoms with Crippen molar-refractivity contribution in [2.75, 3.05) is 6.54 Å². The smallest absolute Gasteiger partial charge is 0.320 e. The fourth-order valence-corrected chi connectivity index (χ4v) is 9.04. The summed E-state index contributed by atoms with van der Waals surface area (Å²) in [7, 11) is 1.95. The maximum Gasteiger partial charge on any atom is 0.330 e. The third-order valence-corrected chi connectivity index (χ3v) is 12.2. The quantitative estimate of drug-likeness (QED) is 0.181. The number of fused-ring (bicyclic) bond motifs is 2. The zero-order valence-electron chi connectivity index (χ0n) is 28.7. The van der Waals surface area contributed by atoms with Gasteiger partial charge in [-0.25, -0.2) is 9.69 Å². The minimum atomic E-state index is -0.758. The second-order valence-electron chi connectivity index (χ2n) is 14.9. The summed E-state index contributed by atoms with van der Waals surface area (Å²) in [5.74, 6) is -0.758.